The van der Waals surface area contributed by atoms with Gasteiger partial charge < -0.3 is 5.11 Å². The molecule has 25 heavy (non-hydrogen) atoms. The Morgan fingerprint density at radius 2 is 1.68 bits per heavy atom. The highest BCUT2D eigenvalue weighted by atomic mass is 35.5. The van der Waals surface area contributed by atoms with E-state index in [1.807, 2.05) is 4.72 Å². The van der Waals surface area contributed by atoms with Crippen molar-refractivity contribution in [1.82, 2.24) is 4.72 Å². The van der Waals surface area contributed by atoms with Gasteiger partial charge in [-0.15, -0.1) is 0 Å². The third kappa shape index (κ3) is 3.98. The average molecular weight is 394 g/mol. The number of aliphatic hydroxyl groups is 1. The third-order valence-electron chi connectivity index (χ3n) is 3.75. The lowest BCUT2D eigenvalue weighted by atomic mass is 9.93. The number of halogens is 4. The van der Waals surface area contributed by atoms with Crippen molar-refractivity contribution in [2.24, 2.45) is 0 Å². The van der Waals surface area contributed by atoms with Crippen LogP contribution in [-0.2, 0) is 15.6 Å². The first kappa shape index (κ1) is 19.7. The summed E-state index contributed by atoms with van der Waals surface area (Å²) in [6, 6.07) is 10.3. The van der Waals surface area contributed by atoms with E-state index in [9.17, 15) is 26.7 Å². The molecule has 0 saturated heterocycles. The van der Waals surface area contributed by atoms with Crippen LogP contribution in [0.4, 0.5) is 13.2 Å². The Labute approximate surface area is 148 Å². The topological polar surface area (TPSA) is 66.4 Å². The molecule has 0 bridgehead atoms. The lowest BCUT2D eigenvalue weighted by Crippen LogP contribution is -2.51. The van der Waals surface area contributed by atoms with Gasteiger partial charge in [-0.25, -0.2) is 13.1 Å². The van der Waals surface area contributed by atoms with E-state index in [4.69, 9.17) is 11.6 Å². The van der Waals surface area contributed by atoms with Crippen molar-refractivity contribution in [3.63, 3.8) is 0 Å². The number of nitrogens with one attached hydrogen (secondary N) is 1. The molecule has 0 heterocycles. The maximum absolute atomic E-state index is 13.4. The van der Waals surface area contributed by atoms with Crippen LogP contribution in [0.15, 0.2) is 53.4 Å². The van der Waals surface area contributed by atoms with Crippen LogP contribution in [0.3, 0.4) is 0 Å². The fourth-order valence-corrected chi connectivity index (χ4v) is 3.79. The molecule has 0 radical (unpaired) electrons. The zero-order chi connectivity index (χ0) is 18.9. The van der Waals surface area contributed by atoms with Gasteiger partial charge in [0.1, 0.15) is 0 Å². The minimum atomic E-state index is -5.08. The molecule has 4 nitrogen and oxygen atoms in total. The maximum Gasteiger partial charge on any atom is 0.422 e. The fraction of sp³-hybridized carbons (Fsp3) is 0.250. The van der Waals surface area contributed by atoms with E-state index in [2.05, 4.69) is 0 Å². The molecule has 0 amide bonds. The Balaban J connectivity index is 2.37. The van der Waals surface area contributed by atoms with Gasteiger partial charge in [-0.05, 0) is 30.2 Å². The van der Waals surface area contributed by atoms with Crippen molar-refractivity contribution in [2.45, 2.75) is 23.6 Å². The largest absolute Gasteiger partial charge is 0.422 e. The number of alkyl halides is 3. The number of rotatable bonds is 5. The van der Waals surface area contributed by atoms with Crippen molar-refractivity contribution < 1.29 is 26.7 Å². The highest BCUT2D eigenvalue weighted by Gasteiger charge is 2.55. The molecule has 0 aliphatic heterocycles. The predicted molar refractivity (Wildman–Crippen MR) is 87.8 cm³/mol. The summed E-state index contributed by atoms with van der Waals surface area (Å²) in [7, 11) is -4.31. The van der Waals surface area contributed by atoms with Crippen LogP contribution < -0.4 is 4.72 Å². The number of hydrogen-bond acceptors (Lipinski definition) is 3. The Kier molecular flexibility index (Phi) is 5.48. The molecule has 0 spiro atoms. The van der Waals surface area contributed by atoms with Crippen LogP contribution in [0.5, 0.6) is 0 Å². The lowest BCUT2D eigenvalue weighted by molar-refractivity contribution is -0.263. The molecule has 2 aromatic rings. The molecule has 2 N–H and O–H groups in total. The van der Waals surface area contributed by atoms with Crippen molar-refractivity contribution in [1.29, 1.82) is 0 Å². The summed E-state index contributed by atoms with van der Waals surface area (Å²) in [5, 5.41) is 10.3. The van der Waals surface area contributed by atoms with Gasteiger partial charge in [-0.2, -0.15) is 13.2 Å². The smallest absolute Gasteiger partial charge is 0.375 e. The van der Waals surface area contributed by atoms with Crippen LogP contribution in [-0.4, -0.2) is 26.2 Å². The van der Waals surface area contributed by atoms with E-state index in [0.29, 0.717) is 0 Å². The Morgan fingerprint density at radius 1 is 1.08 bits per heavy atom. The van der Waals surface area contributed by atoms with Gasteiger partial charge in [-0.1, -0.05) is 48.0 Å². The second-order valence-electron chi connectivity index (χ2n) is 5.41. The molecule has 2 rings (SSSR count). The predicted octanol–water partition coefficient (Wildman–Crippen LogP) is 3.38. The SMILES string of the molecule is Cc1c(Cl)cccc1S(=O)(=O)NC[C@](O)(c1ccccc1)C(F)(F)F. The summed E-state index contributed by atoms with van der Waals surface area (Å²) < 4.78 is 66.8. The van der Waals surface area contributed by atoms with E-state index in [1.165, 1.54) is 43.3 Å². The Hall–Kier alpha value is -1.61. The van der Waals surface area contributed by atoms with Crippen molar-refractivity contribution in [3.8, 4) is 0 Å². The minimum absolute atomic E-state index is 0.164. The first-order valence-corrected chi connectivity index (χ1v) is 8.94. The minimum Gasteiger partial charge on any atom is -0.375 e. The molecular formula is C16H15ClF3NO3S. The normalized spacial score (nSPS) is 15.0. The van der Waals surface area contributed by atoms with Gasteiger partial charge in [0.25, 0.3) is 0 Å². The van der Waals surface area contributed by atoms with Gasteiger partial charge in [0, 0.05) is 5.02 Å². The van der Waals surface area contributed by atoms with E-state index in [1.54, 1.807) is 0 Å². The van der Waals surface area contributed by atoms with Gasteiger partial charge in [0.2, 0.25) is 10.0 Å². The zero-order valence-electron chi connectivity index (χ0n) is 13.0. The molecule has 0 aliphatic rings. The van der Waals surface area contributed by atoms with Gasteiger partial charge in [0.15, 0.2) is 5.60 Å². The van der Waals surface area contributed by atoms with Crippen molar-refractivity contribution in [3.05, 3.63) is 64.7 Å². The maximum atomic E-state index is 13.4. The molecule has 0 unspecified atom stereocenters. The van der Waals surface area contributed by atoms with Gasteiger partial charge in [-0.3, -0.25) is 0 Å². The molecule has 0 fully saturated rings. The second-order valence-corrected chi connectivity index (χ2v) is 7.55. The quantitative estimate of drug-likeness (QED) is 0.818. The molecule has 1 atom stereocenters. The molecule has 0 saturated carbocycles. The third-order valence-corrected chi connectivity index (χ3v) is 5.70. The first-order valence-electron chi connectivity index (χ1n) is 7.08. The molecular weight excluding hydrogens is 379 g/mol. The summed E-state index contributed by atoms with van der Waals surface area (Å²) in [6.07, 6.45) is -5.08. The summed E-state index contributed by atoms with van der Waals surface area (Å²) in [4.78, 5) is -0.252. The average Bonchev–Trinajstić information content (AvgIpc) is 2.55. The highest BCUT2D eigenvalue weighted by molar-refractivity contribution is 7.89. The number of benzene rings is 2. The van der Waals surface area contributed by atoms with E-state index in [0.717, 1.165) is 12.1 Å². The standard InChI is InChI=1S/C16H15ClF3NO3S/c1-11-13(17)8-5-9-14(11)25(23,24)21-10-15(22,16(18,19)20)12-6-3-2-4-7-12/h2-9,21-22H,10H2,1H3/t15-/m0/s1. The first-order chi connectivity index (χ1) is 11.5. The Morgan fingerprint density at radius 3 is 2.24 bits per heavy atom. The monoisotopic (exact) mass is 393 g/mol. The van der Waals surface area contributed by atoms with Crippen LogP contribution in [0, 0.1) is 6.92 Å². The van der Waals surface area contributed by atoms with Crippen LogP contribution in [0.25, 0.3) is 0 Å². The van der Waals surface area contributed by atoms with Crippen LogP contribution in [0.2, 0.25) is 5.02 Å². The molecule has 2 aromatic carbocycles. The van der Waals surface area contributed by atoms with Gasteiger partial charge >= 0.3 is 6.18 Å². The lowest BCUT2D eigenvalue weighted by Gasteiger charge is -2.31. The van der Waals surface area contributed by atoms with Crippen molar-refractivity contribution >= 4 is 21.6 Å². The molecule has 9 heteroatoms. The number of sulfonamides is 1. The molecule has 0 aromatic heterocycles. The van der Waals surface area contributed by atoms with Crippen LogP contribution >= 0.6 is 11.6 Å². The summed E-state index contributed by atoms with van der Waals surface area (Å²) in [6.45, 7) is 0.166. The van der Waals surface area contributed by atoms with E-state index < -0.39 is 33.9 Å². The van der Waals surface area contributed by atoms with E-state index in [-0.39, 0.29) is 15.5 Å². The molecule has 136 valence electrons. The summed E-state index contributed by atoms with van der Waals surface area (Å²) in [5.41, 5.74) is -3.63. The second kappa shape index (κ2) is 6.95. The van der Waals surface area contributed by atoms with E-state index >= 15 is 0 Å². The Bertz CT molecular complexity index is 857. The van der Waals surface area contributed by atoms with Crippen LogP contribution in [0.1, 0.15) is 11.1 Å². The summed E-state index contributed by atoms with van der Waals surface area (Å²) in [5.74, 6) is 0. The summed E-state index contributed by atoms with van der Waals surface area (Å²) >= 11 is 5.86. The highest BCUT2D eigenvalue weighted by Crippen LogP contribution is 2.38. The molecule has 0 aliphatic carbocycles. The zero-order valence-corrected chi connectivity index (χ0v) is 14.6. The van der Waals surface area contributed by atoms with Crippen molar-refractivity contribution in [2.75, 3.05) is 6.54 Å². The number of hydrogen-bond donors (Lipinski definition) is 2. The van der Waals surface area contributed by atoms with Gasteiger partial charge in [0.05, 0.1) is 11.4 Å². The fourth-order valence-electron chi connectivity index (χ4n) is 2.24.